The van der Waals surface area contributed by atoms with E-state index in [9.17, 15) is 22.8 Å². The van der Waals surface area contributed by atoms with Crippen LogP contribution in [0.15, 0.2) is 54.6 Å². The number of hydrogen-bond acceptors (Lipinski definition) is 4. The van der Waals surface area contributed by atoms with Gasteiger partial charge in [0.05, 0.1) is 18.7 Å². The predicted octanol–water partition coefficient (Wildman–Crippen LogP) is 3.57. The molecule has 188 valence electrons. The fourth-order valence-electron chi connectivity index (χ4n) is 4.84. The van der Waals surface area contributed by atoms with Gasteiger partial charge in [-0.1, -0.05) is 55.7 Å². The van der Waals surface area contributed by atoms with E-state index in [0.29, 0.717) is 49.6 Å². The number of amides is 2. The molecule has 0 spiro atoms. The molecular formula is C26H31F3N3O3+. The molecule has 2 aliphatic rings. The van der Waals surface area contributed by atoms with Crippen LogP contribution in [0.25, 0.3) is 0 Å². The van der Waals surface area contributed by atoms with Crippen LogP contribution in [0, 0.1) is 0 Å². The van der Waals surface area contributed by atoms with Crippen molar-refractivity contribution < 1.29 is 32.4 Å². The summed E-state index contributed by atoms with van der Waals surface area (Å²) < 4.78 is 44.8. The third kappa shape index (κ3) is 6.14. The summed E-state index contributed by atoms with van der Waals surface area (Å²) in [6.45, 7) is 1.89. The van der Waals surface area contributed by atoms with Crippen LogP contribution < -0.4 is 15.1 Å². The molecule has 2 aromatic carbocycles. The topological polar surface area (TPSA) is 63.1 Å². The average Bonchev–Trinajstić information content (AvgIpc) is 2.88. The molecule has 2 fully saturated rings. The third-order valence-corrected chi connectivity index (χ3v) is 6.89. The minimum Gasteiger partial charge on any atom is -0.459 e. The summed E-state index contributed by atoms with van der Waals surface area (Å²) in [6, 6.07) is 14.4. The van der Waals surface area contributed by atoms with Crippen LogP contribution in [0.4, 0.5) is 23.7 Å². The molecule has 6 nitrogen and oxygen atoms in total. The number of rotatable bonds is 5. The van der Waals surface area contributed by atoms with Gasteiger partial charge in [-0.25, -0.2) is 14.5 Å². The Morgan fingerprint density at radius 2 is 1.66 bits per heavy atom. The van der Waals surface area contributed by atoms with Gasteiger partial charge in [-0.05, 0) is 36.6 Å². The molecule has 2 aromatic rings. The first kappa shape index (κ1) is 25.0. The molecule has 0 unspecified atom stereocenters. The Morgan fingerprint density at radius 1 is 0.971 bits per heavy atom. The zero-order valence-corrected chi connectivity index (χ0v) is 19.6. The maximum absolute atomic E-state index is 13.2. The van der Waals surface area contributed by atoms with E-state index in [1.807, 2.05) is 35.2 Å². The second-order valence-corrected chi connectivity index (χ2v) is 9.30. The van der Waals surface area contributed by atoms with Crippen molar-refractivity contribution in [3.05, 3.63) is 65.7 Å². The normalized spacial score (nSPS) is 18.7. The van der Waals surface area contributed by atoms with Crippen LogP contribution in [0.3, 0.4) is 0 Å². The lowest BCUT2D eigenvalue weighted by molar-refractivity contribution is -0.816. The van der Waals surface area contributed by atoms with E-state index in [-0.39, 0.29) is 12.6 Å². The number of hydrogen-bond donors (Lipinski definition) is 2. The number of alkyl halides is 3. The Labute approximate surface area is 203 Å². The molecular weight excluding hydrogens is 459 g/mol. The van der Waals surface area contributed by atoms with E-state index in [0.717, 1.165) is 37.0 Å². The molecule has 1 heterocycles. The molecule has 2 N–H and O–H groups in total. The molecule has 9 heteroatoms. The van der Waals surface area contributed by atoms with Gasteiger partial charge >= 0.3 is 18.2 Å². The van der Waals surface area contributed by atoms with Crippen LogP contribution in [0.5, 0.6) is 0 Å². The van der Waals surface area contributed by atoms with Crippen molar-refractivity contribution in [3.63, 3.8) is 0 Å². The molecule has 0 atom stereocenters. The van der Waals surface area contributed by atoms with Crippen LogP contribution in [-0.4, -0.2) is 43.7 Å². The number of benzene rings is 2. The number of carbonyl (C=O) groups is 2. The number of esters is 1. The second-order valence-electron chi connectivity index (χ2n) is 9.30. The number of anilines is 1. The zero-order chi connectivity index (χ0) is 24.9. The summed E-state index contributed by atoms with van der Waals surface area (Å²) >= 11 is 0. The lowest BCUT2D eigenvalue weighted by atomic mass is 9.81. The SMILES string of the molecule is O=C(NC1(C(=O)OCc2ccccc2)CCCCC1)[NH+]1CCN(c2cccc(C(F)(F)F)c2)CC1. The van der Waals surface area contributed by atoms with Gasteiger partial charge in [-0.15, -0.1) is 0 Å². The largest absolute Gasteiger partial charge is 0.459 e. The number of urea groups is 1. The summed E-state index contributed by atoms with van der Waals surface area (Å²) in [7, 11) is 0. The maximum atomic E-state index is 13.2. The smallest absolute Gasteiger partial charge is 0.416 e. The highest BCUT2D eigenvalue weighted by Gasteiger charge is 2.45. The number of carbonyl (C=O) groups excluding carboxylic acids is 2. The minimum absolute atomic E-state index is 0.153. The van der Waals surface area contributed by atoms with E-state index in [4.69, 9.17) is 4.74 Å². The number of ether oxygens (including phenoxy) is 1. The fourth-order valence-corrected chi connectivity index (χ4v) is 4.84. The number of halogens is 3. The second kappa shape index (κ2) is 10.7. The Balaban J connectivity index is 1.36. The lowest BCUT2D eigenvalue weighted by Gasteiger charge is -2.37. The summed E-state index contributed by atoms with van der Waals surface area (Å²) in [4.78, 5) is 28.8. The van der Waals surface area contributed by atoms with Crippen molar-refractivity contribution in [1.82, 2.24) is 5.32 Å². The first-order valence-corrected chi connectivity index (χ1v) is 12.1. The molecule has 0 bridgehead atoms. The van der Waals surface area contributed by atoms with Crippen molar-refractivity contribution in [2.45, 2.75) is 50.4 Å². The highest BCUT2D eigenvalue weighted by molar-refractivity contribution is 5.85. The van der Waals surface area contributed by atoms with Gasteiger partial charge in [-0.2, -0.15) is 13.2 Å². The fraction of sp³-hybridized carbons (Fsp3) is 0.462. The lowest BCUT2D eigenvalue weighted by Crippen LogP contribution is -3.19. The molecule has 35 heavy (non-hydrogen) atoms. The molecule has 1 aliphatic carbocycles. The van der Waals surface area contributed by atoms with E-state index in [1.54, 1.807) is 6.07 Å². The summed E-state index contributed by atoms with van der Waals surface area (Å²) in [6.07, 6.45) is -0.650. The first-order chi connectivity index (χ1) is 16.8. The number of nitrogens with one attached hydrogen (secondary N) is 2. The average molecular weight is 491 g/mol. The first-order valence-electron chi connectivity index (χ1n) is 12.1. The highest BCUT2D eigenvalue weighted by Crippen LogP contribution is 2.32. The Bertz CT molecular complexity index is 1020. The summed E-state index contributed by atoms with van der Waals surface area (Å²) in [5, 5.41) is 3.00. The van der Waals surface area contributed by atoms with Gasteiger partial charge in [-0.3, -0.25) is 5.32 Å². The van der Waals surface area contributed by atoms with Gasteiger partial charge < -0.3 is 9.64 Å². The van der Waals surface area contributed by atoms with Crippen LogP contribution >= 0.6 is 0 Å². The van der Waals surface area contributed by atoms with Gasteiger partial charge in [0.2, 0.25) is 0 Å². The number of piperazine rings is 1. The Hall–Kier alpha value is -3.07. The van der Waals surface area contributed by atoms with Crippen LogP contribution in [0.2, 0.25) is 0 Å². The van der Waals surface area contributed by atoms with Gasteiger partial charge in [0.1, 0.15) is 25.2 Å². The van der Waals surface area contributed by atoms with Gasteiger partial charge in [0, 0.05) is 5.69 Å². The molecule has 1 saturated carbocycles. The van der Waals surface area contributed by atoms with Gasteiger partial charge in [0.15, 0.2) is 0 Å². The number of nitrogens with zero attached hydrogens (tertiary/aromatic N) is 1. The minimum atomic E-state index is -4.40. The molecule has 1 saturated heterocycles. The Morgan fingerprint density at radius 3 is 2.31 bits per heavy atom. The van der Waals surface area contributed by atoms with Crippen molar-refractivity contribution in [3.8, 4) is 0 Å². The standard InChI is InChI=1S/C26H30F3N3O3/c27-26(28,29)21-10-7-11-22(18-21)31-14-16-32(17-15-31)24(34)30-25(12-5-2-6-13-25)23(33)35-19-20-8-3-1-4-9-20/h1,3-4,7-11,18H,2,5-6,12-17,19H2,(H,30,34)/p+1. The summed E-state index contributed by atoms with van der Waals surface area (Å²) in [5.74, 6) is -0.406. The molecule has 2 amide bonds. The van der Waals surface area contributed by atoms with Crippen LogP contribution in [0.1, 0.15) is 43.2 Å². The molecule has 4 rings (SSSR count). The zero-order valence-electron chi connectivity index (χ0n) is 19.6. The molecule has 0 aromatic heterocycles. The van der Waals surface area contributed by atoms with Crippen LogP contribution in [-0.2, 0) is 22.3 Å². The number of quaternary nitrogens is 1. The maximum Gasteiger partial charge on any atom is 0.416 e. The van der Waals surface area contributed by atoms with Gasteiger partial charge in [0.25, 0.3) is 0 Å². The Kier molecular flexibility index (Phi) is 7.64. The van der Waals surface area contributed by atoms with Crippen molar-refractivity contribution in [2.75, 3.05) is 31.1 Å². The molecule has 1 aliphatic heterocycles. The van der Waals surface area contributed by atoms with E-state index in [1.165, 1.54) is 6.07 Å². The third-order valence-electron chi connectivity index (χ3n) is 6.89. The predicted molar refractivity (Wildman–Crippen MR) is 125 cm³/mol. The van der Waals surface area contributed by atoms with E-state index < -0.39 is 23.2 Å². The highest BCUT2D eigenvalue weighted by atomic mass is 19.4. The summed E-state index contributed by atoms with van der Waals surface area (Å²) in [5.41, 5.74) is -0.340. The van der Waals surface area contributed by atoms with Crippen molar-refractivity contribution in [1.29, 1.82) is 0 Å². The molecule has 0 radical (unpaired) electrons. The van der Waals surface area contributed by atoms with E-state index in [2.05, 4.69) is 5.32 Å². The van der Waals surface area contributed by atoms with Crippen molar-refractivity contribution >= 4 is 17.7 Å². The van der Waals surface area contributed by atoms with E-state index >= 15 is 0 Å². The monoisotopic (exact) mass is 490 g/mol. The van der Waals surface area contributed by atoms with Crippen molar-refractivity contribution in [2.24, 2.45) is 0 Å². The quantitative estimate of drug-likeness (QED) is 0.630.